The molecule has 1 rings (SSSR count). The third-order valence-electron chi connectivity index (χ3n) is 3.07. The van der Waals surface area contributed by atoms with Crippen molar-refractivity contribution in [2.75, 3.05) is 33.2 Å². The van der Waals surface area contributed by atoms with E-state index in [4.69, 9.17) is 10.8 Å². The smallest absolute Gasteiger partial charge is 0.326 e. The zero-order valence-corrected chi connectivity index (χ0v) is 11.0. The second kappa shape index (κ2) is 6.93. The Morgan fingerprint density at radius 2 is 1.84 bits per heavy atom. The van der Waals surface area contributed by atoms with Gasteiger partial charge in [-0.05, 0) is 13.5 Å². The number of aliphatic carboxylic acids is 1. The molecule has 1 aliphatic rings. The summed E-state index contributed by atoms with van der Waals surface area (Å²) in [5.41, 5.74) is 4.97. The summed E-state index contributed by atoms with van der Waals surface area (Å²) in [6.07, 6.45) is -0.0653. The first-order chi connectivity index (χ1) is 8.90. The molecule has 1 heterocycles. The predicted octanol–water partition coefficient (Wildman–Crippen LogP) is -1.34. The molecule has 0 saturated carbocycles. The van der Waals surface area contributed by atoms with Crippen LogP contribution in [-0.4, -0.2) is 72.1 Å². The largest absolute Gasteiger partial charge is 0.480 e. The average molecular weight is 272 g/mol. The summed E-state index contributed by atoms with van der Waals surface area (Å²) in [5, 5.41) is 11.4. The van der Waals surface area contributed by atoms with Gasteiger partial charge in [0, 0.05) is 32.6 Å². The van der Waals surface area contributed by atoms with Gasteiger partial charge in [-0.15, -0.1) is 0 Å². The number of piperazine rings is 1. The number of carbonyl (C=O) groups is 3. The fraction of sp³-hybridized carbons (Fsp3) is 0.727. The molecule has 0 bridgehead atoms. The summed E-state index contributed by atoms with van der Waals surface area (Å²) >= 11 is 0. The number of nitrogens with one attached hydrogen (secondary N) is 1. The Morgan fingerprint density at radius 1 is 1.26 bits per heavy atom. The van der Waals surface area contributed by atoms with Crippen LogP contribution >= 0.6 is 0 Å². The zero-order chi connectivity index (χ0) is 14.4. The molecule has 0 aromatic carbocycles. The molecule has 1 fully saturated rings. The van der Waals surface area contributed by atoms with Crippen LogP contribution in [0.3, 0.4) is 0 Å². The van der Waals surface area contributed by atoms with Gasteiger partial charge in [-0.3, -0.25) is 4.79 Å². The van der Waals surface area contributed by atoms with Crippen molar-refractivity contribution in [3.05, 3.63) is 0 Å². The van der Waals surface area contributed by atoms with Gasteiger partial charge in [-0.2, -0.15) is 0 Å². The van der Waals surface area contributed by atoms with Crippen molar-refractivity contribution in [3.63, 3.8) is 0 Å². The zero-order valence-electron chi connectivity index (χ0n) is 11.0. The van der Waals surface area contributed by atoms with E-state index >= 15 is 0 Å². The molecule has 1 saturated heterocycles. The van der Waals surface area contributed by atoms with Gasteiger partial charge in [-0.1, -0.05) is 0 Å². The molecular formula is C11H20N4O4. The molecule has 108 valence electrons. The Morgan fingerprint density at radius 3 is 2.32 bits per heavy atom. The molecule has 8 nitrogen and oxygen atoms in total. The minimum absolute atomic E-state index is 0.00412. The van der Waals surface area contributed by atoms with Gasteiger partial charge in [0.15, 0.2) is 0 Å². The van der Waals surface area contributed by atoms with E-state index in [1.54, 1.807) is 4.90 Å². The first kappa shape index (κ1) is 15.2. The van der Waals surface area contributed by atoms with Gasteiger partial charge < -0.3 is 26.0 Å². The Bertz CT molecular complexity index is 353. The van der Waals surface area contributed by atoms with Crippen LogP contribution in [0.2, 0.25) is 0 Å². The van der Waals surface area contributed by atoms with Crippen molar-refractivity contribution in [3.8, 4) is 0 Å². The molecule has 3 amide bonds. The lowest BCUT2D eigenvalue weighted by Crippen LogP contribution is -2.54. The topological polar surface area (TPSA) is 116 Å². The van der Waals surface area contributed by atoms with E-state index in [-0.39, 0.29) is 12.8 Å². The number of rotatable bonds is 5. The van der Waals surface area contributed by atoms with Crippen molar-refractivity contribution >= 4 is 17.9 Å². The van der Waals surface area contributed by atoms with Crippen molar-refractivity contribution in [2.45, 2.75) is 18.9 Å². The minimum Gasteiger partial charge on any atom is -0.480 e. The number of likely N-dealkylation sites (N-methyl/N-ethyl adjacent to an activating group) is 1. The fourth-order valence-corrected chi connectivity index (χ4v) is 1.79. The summed E-state index contributed by atoms with van der Waals surface area (Å²) in [6.45, 7) is 2.63. The maximum Gasteiger partial charge on any atom is 0.326 e. The summed E-state index contributed by atoms with van der Waals surface area (Å²) in [6, 6.07) is -1.50. The van der Waals surface area contributed by atoms with Gasteiger partial charge in [0.2, 0.25) is 5.91 Å². The third-order valence-corrected chi connectivity index (χ3v) is 3.07. The van der Waals surface area contributed by atoms with Crippen molar-refractivity contribution < 1.29 is 19.5 Å². The molecule has 0 spiro atoms. The minimum atomic E-state index is -1.16. The van der Waals surface area contributed by atoms with Crippen molar-refractivity contribution in [1.82, 2.24) is 15.1 Å². The summed E-state index contributed by atoms with van der Waals surface area (Å²) < 4.78 is 0. The van der Waals surface area contributed by atoms with Crippen LogP contribution in [0.15, 0.2) is 0 Å². The Kier molecular flexibility index (Phi) is 5.56. The molecule has 0 aliphatic carbocycles. The number of urea groups is 1. The predicted molar refractivity (Wildman–Crippen MR) is 67.5 cm³/mol. The highest BCUT2D eigenvalue weighted by molar-refractivity contribution is 5.83. The number of carboxylic acid groups (broad SMARTS) is 1. The fourth-order valence-electron chi connectivity index (χ4n) is 1.79. The summed E-state index contributed by atoms with van der Waals surface area (Å²) in [4.78, 5) is 37.2. The molecule has 0 aromatic rings. The maximum absolute atomic E-state index is 11.9. The molecule has 8 heteroatoms. The van der Waals surface area contributed by atoms with Crippen LogP contribution in [0.1, 0.15) is 12.8 Å². The number of primary amides is 1. The van der Waals surface area contributed by atoms with Gasteiger partial charge in [-0.25, -0.2) is 9.59 Å². The highest BCUT2D eigenvalue weighted by Crippen LogP contribution is 2.03. The number of hydrogen-bond donors (Lipinski definition) is 3. The maximum atomic E-state index is 11.9. The normalized spacial score (nSPS) is 17.8. The molecule has 19 heavy (non-hydrogen) atoms. The van der Waals surface area contributed by atoms with Gasteiger partial charge >= 0.3 is 12.0 Å². The highest BCUT2D eigenvalue weighted by Gasteiger charge is 2.25. The van der Waals surface area contributed by atoms with Crippen LogP contribution in [0.4, 0.5) is 4.79 Å². The van der Waals surface area contributed by atoms with Gasteiger partial charge in [0.25, 0.3) is 0 Å². The first-order valence-corrected chi connectivity index (χ1v) is 6.15. The SMILES string of the molecule is CN1CCN(C(=O)N[C@@H](CCC(N)=O)C(=O)O)CC1. The number of nitrogens with zero attached hydrogens (tertiary/aromatic N) is 2. The first-order valence-electron chi connectivity index (χ1n) is 6.15. The monoisotopic (exact) mass is 272 g/mol. The second-order valence-corrected chi connectivity index (χ2v) is 4.64. The molecule has 0 unspecified atom stereocenters. The van der Waals surface area contributed by atoms with Crippen LogP contribution in [-0.2, 0) is 9.59 Å². The van der Waals surface area contributed by atoms with Gasteiger partial charge in [0.1, 0.15) is 6.04 Å². The number of nitrogens with two attached hydrogens (primary N) is 1. The number of carboxylic acids is 1. The van der Waals surface area contributed by atoms with E-state index in [2.05, 4.69) is 10.2 Å². The summed E-state index contributed by atoms with van der Waals surface area (Å²) in [7, 11) is 1.96. The number of hydrogen-bond acceptors (Lipinski definition) is 4. The molecule has 1 aliphatic heterocycles. The third kappa shape index (κ3) is 5.12. The van der Waals surface area contributed by atoms with Crippen LogP contribution in [0.5, 0.6) is 0 Å². The van der Waals surface area contributed by atoms with E-state index in [0.717, 1.165) is 13.1 Å². The Hall–Kier alpha value is -1.83. The Balaban J connectivity index is 2.46. The second-order valence-electron chi connectivity index (χ2n) is 4.64. The quantitative estimate of drug-likeness (QED) is 0.573. The molecule has 0 radical (unpaired) electrons. The van der Waals surface area contributed by atoms with Crippen LogP contribution in [0, 0.1) is 0 Å². The van der Waals surface area contributed by atoms with Crippen molar-refractivity contribution in [2.24, 2.45) is 5.73 Å². The molecule has 0 aromatic heterocycles. The van der Waals surface area contributed by atoms with E-state index < -0.39 is 23.9 Å². The van der Waals surface area contributed by atoms with E-state index in [1.807, 2.05) is 7.05 Å². The summed E-state index contributed by atoms with van der Waals surface area (Å²) in [5.74, 6) is -1.75. The lowest BCUT2D eigenvalue weighted by Gasteiger charge is -2.33. The van der Waals surface area contributed by atoms with Crippen LogP contribution < -0.4 is 11.1 Å². The van der Waals surface area contributed by atoms with Gasteiger partial charge in [0.05, 0.1) is 0 Å². The molecular weight excluding hydrogens is 252 g/mol. The lowest BCUT2D eigenvalue weighted by molar-refractivity contribution is -0.139. The van der Waals surface area contributed by atoms with E-state index in [0.29, 0.717) is 13.1 Å². The molecule has 1 atom stereocenters. The highest BCUT2D eigenvalue weighted by atomic mass is 16.4. The van der Waals surface area contributed by atoms with E-state index in [1.165, 1.54) is 0 Å². The standard InChI is InChI=1S/C11H20N4O4/c1-14-4-6-15(7-5-14)11(19)13-8(10(17)18)2-3-9(12)16/h8H,2-7H2,1H3,(H2,12,16)(H,13,19)(H,17,18)/t8-/m0/s1. The Labute approximate surface area is 111 Å². The number of carbonyl (C=O) groups excluding carboxylic acids is 2. The lowest BCUT2D eigenvalue weighted by atomic mass is 10.1. The van der Waals surface area contributed by atoms with Crippen LogP contribution in [0.25, 0.3) is 0 Å². The van der Waals surface area contributed by atoms with Crippen molar-refractivity contribution in [1.29, 1.82) is 0 Å². The number of amides is 3. The average Bonchev–Trinajstić information content (AvgIpc) is 2.34. The molecule has 4 N–H and O–H groups in total. The van der Waals surface area contributed by atoms with E-state index in [9.17, 15) is 14.4 Å².